The smallest absolute Gasteiger partial charge is 0.347 e. The molecule has 9 rings (SSSR count). The average molecular weight is 669 g/mol. The molecule has 8 nitrogen and oxygen atoms in total. The number of hydrogen-bond donors (Lipinski definition) is 1. The summed E-state index contributed by atoms with van der Waals surface area (Å²) in [7, 11) is 0. The van der Waals surface area contributed by atoms with Crippen LogP contribution in [-0.2, 0) is 33.3 Å². The molecular weight excluding hydrogens is 608 g/mol. The zero-order chi connectivity index (χ0) is 34.5. The van der Waals surface area contributed by atoms with Crippen molar-refractivity contribution in [2.45, 2.75) is 161 Å². The largest absolute Gasteiger partial charge is 0.492 e. The summed E-state index contributed by atoms with van der Waals surface area (Å²) in [6.45, 7) is 16.7. The van der Waals surface area contributed by atoms with Gasteiger partial charge in [0.15, 0.2) is 0 Å². The standard InChI is InChI=1S/C40H60O8/c1-8-36(5,34(43)48-38(7)29-13-25-11-26(15-29)16-30(38)14-25)22-37(6,33(42)46-31-9-10-45-32(31)41)21-35(3,4)24(2)47-40-19-27-12-28(20-40)18-39(44,17-27)23-40/h25-31,44H,2,8-23H2,1,3-7H3. The molecule has 1 aliphatic heterocycles. The third-order valence-electron chi connectivity index (χ3n) is 14.7. The predicted octanol–water partition coefficient (Wildman–Crippen LogP) is 7.45. The van der Waals surface area contributed by atoms with E-state index in [4.69, 9.17) is 18.9 Å². The van der Waals surface area contributed by atoms with Gasteiger partial charge in [-0.2, -0.15) is 0 Å². The van der Waals surface area contributed by atoms with Gasteiger partial charge in [0, 0.05) is 18.3 Å². The molecule has 0 radical (unpaired) electrons. The number of carbonyl (C=O) groups is 3. The number of allylic oxidation sites excluding steroid dienone is 1. The Balaban J connectivity index is 1.12. The van der Waals surface area contributed by atoms with Crippen molar-refractivity contribution in [1.82, 2.24) is 0 Å². The van der Waals surface area contributed by atoms with Crippen molar-refractivity contribution in [1.29, 1.82) is 0 Å². The molecule has 9 aliphatic rings. The molecule has 5 unspecified atom stereocenters. The number of hydrogen-bond acceptors (Lipinski definition) is 8. The first-order valence-electron chi connectivity index (χ1n) is 19.1. The van der Waals surface area contributed by atoms with Crippen LogP contribution in [-0.4, -0.2) is 52.5 Å². The average Bonchev–Trinajstić information content (AvgIpc) is 3.37. The fourth-order valence-corrected chi connectivity index (χ4v) is 12.6. The molecule has 1 heterocycles. The van der Waals surface area contributed by atoms with Gasteiger partial charge in [-0.25, -0.2) is 4.79 Å². The van der Waals surface area contributed by atoms with Crippen LogP contribution in [0.4, 0.5) is 0 Å². The molecule has 9 fully saturated rings. The normalized spacial score (nSPS) is 43.3. The third kappa shape index (κ3) is 5.92. The summed E-state index contributed by atoms with van der Waals surface area (Å²) in [5.74, 6) is 2.55. The van der Waals surface area contributed by atoms with Gasteiger partial charge in [-0.3, -0.25) is 9.59 Å². The van der Waals surface area contributed by atoms with Crippen molar-refractivity contribution in [3.8, 4) is 0 Å². The van der Waals surface area contributed by atoms with E-state index < -0.39 is 51.1 Å². The third-order valence-corrected chi connectivity index (χ3v) is 14.7. The van der Waals surface area contributed by atoms with E-state index >= 15 is 0 Å². The van der Waals surface area contributed by atoms with Crippen LogP contribution in [0.2, 0.25) is 0 Å². The first-order valence-corrected chi connectivity index (χ1v) is 19.1. The summed E-state index contributed by atoms with van der Waals surface area (Å²) in [5, 5.41) is 11.4. The van der Waals surface area contributed by atoms with Crippen LogP contribution in [0.5, 0.6) is 0 Å². The van der Waals surface area contributed by atoms with Crippen molar-refractivity contribution >= 4 is 17.9 Å². The Morgan fingerprint density at radius 1 is 0.854 bits per heavy atom. The van der Waals surface area contributed by atoms with Crippen LogP contribution in [0.15, 0.2) is 12.3 Å². The molecule has 48 heavy (non-hydrogen) atoms. The van der Waals surface area contributed by atoms with Crippen molar-refractivity contribution in [2.75, 3.05) is 6.61 Å². The molecule has 0 amide bonds. The summed E-state index contributed by atoms with van der Waals surface area (Å²) >= 11 is 0. The summed E-state index contributed by atoms with van der Waals surface area (Å²) < 4.78 is 24.5. The highest BCUT2D eigenvalue weighted by molar-refractivity contribution is 5.84. The van der Waals surface area contributed by atoms with Crippen molar-refractivity contribution in [2.24, 2.45) is 51.8 Å². The van der Waals surface area contributed by atoms with Crippen molar-refractivity contribution in [3.63, 3.8) is 0 Å². The van der Waals surface area contributed by atoms with Gasteiger partial charge in [0.25, 0.3) is 0 Å². The quantitative estimate of drug-likeness (QED) is 0.130. The molecule has 8 heteroatoms. The lowest BCUT2D eigenvalue weighted by Gasteiger charge is -2.60. The highest BCUT2D eigenvalue weighted by atomic mass is 16.6. The monoisotopic (exact) mass is 668 g/mol. The second-order valence-electron chi connectivity index (χ2n) is 19.3. The molecule has 8 bridgehead atoms. The van der Waals surface area contributed by atoms with Gasteiger partial charge in [0.1, 0.15) is 11.2 Å². The van der Waals surface area contributed by atoms with Gasteiger partial charge >= 0.3 is 17.9 Å². The summed E-state index contributed by atoms with van der Waals surface area (Å²) in [5.41, 5.74) is -4.37. The van der Waals surface area contributed by atoms with E-state index in [2.05, 4.69) is 13.5 Å². The minimum absolute atomic E-state index is 0.207. The maximum atomic E-state index is 14.4. The summed E-state index contributed by atoms with van der Waals surface area (Å²) in [6.07, 6.45) is 11.6. The van der Waals surface area contributed by atoms with Gasteiger partial charge in [-0.1, -0.05) is 27.4 Å². The maximum Gasteiger partial charge on any atom is 0.347 e. The van der Waals surface area contributed by atoms with Crippen LogP contribution in [0.25, 0.3) is 0 Å². The molecule has 0 aromatic heterocycles. The van der Waals surface area contributed by atoms with Gasteiger partial charge < -0.3 is 24.1 Å². The molecular formula is C40H60O8. The minimum atomic E-state index is -1.16. The molecule has 0 aromatic rings. The second kappa shape index (κ2) is 11.5. The Morgan fingerprint density at radius 2 is 1.44 bits per heavy atom. The predicted molar refractivity (Wildman–Crippen MR) is 179 cm³/mol. The highest BCUT2D eigenvalue weighted by Crippen LogP contribution is 2.62. The number of rotatable bonds is 12. The minimum Gasteiger partial charge on any atom is -0.492 e. The Kier molecular flexibility index (Phi) is 8.21. The molecule has 8 saturated carbocycles. The number of esters is 3. The van der Waals surface area contributed by atoms with Crippen molar-refractivity contribution < 1.29 is 38.4 Å². The zero-order valence-corrected chi connectivity index (χ0v) is 30.4. The Bertz CT molecular complexity index is 1310. The molecule has 1 saturated heterocycles. The molecule has 1 N–H and O–H groups in total. The van der Waals surface area contributed by atoms with E-state index in [0.717, 1.165) is 69.6 Å². The lowest BCUT2D eigenvalue weighted by atomic mass is 9.50. The van der Waals surface area contributed by atoms with Gasteiger partial charge in [0.05, 0.1) is 28.8 Å². The van der Waals surface area contributed by atoms with E-state index in [0.29, 0.717) is 55.1 Å². The molecule has 5 atom stereocenters. The lowest BCUT2D eigenvalue weighted by Crippen LogP contribution is -2.60. The van der Waals surface area contributed by atoms with Gasteiger partial charge in [-0.05, 0) is 140 Å². The lowest BCUT2D eigenvalue weighted by molar-refractivity contribution is -0.214. The topological polar surface area (TPSA) is 108 Å². The first kappa shape index (κ1) is 34.4. The second-order valence-corrected chi connectivity index (χ2v) is 19.3. The highest BCUT2D eigenvalue weighted by Gasteiger charge is 2.61. The summed E-state index contributed by atoms with van der Waals surface area (Å²) in [6, 6.07) is 0. The van der Waals surface area contributed by atoms with E-state index in [1.165, 1.54) is 6.42 Å². The van der Waals surface area contributed by atoms with Crippen LogP contribution in [0, 0.1) is 51.8 Å². The molecule has 8 aliphatic carbocycles. The summed E-state index contributed by atoms with van der Waals surface area (Å²) in [4.78, 5) is 41.1. The number of carbonyl (C=O) groups excluding carboxylic acids is 3. The Morgan fingerprint density at radius 3 is 1.96 bits per heavy atom. The van der Waals surface area contributed by atoms with E-state index in [1.807, 2.05) is 34.6 Å². The number of cyclic esters (lactones) is 1. The van der Waals surface area contributed by atoms with E-state index in [-0.39, 0.29) is 19.0 Å². The zero-order valence-electron chi connectivity index (χ0n) is 30.4. The van der Waals surface area contributed by atoms with Crippen molar-refractivity contribution in [3.05, 3.63) is 12.3 Å². The van der Waals surface area contributed by atoms with Gasteiger partial charge in [-0.15, -0.1) is 0 Å². The SMILES string of the molecule is C=C(OC12CC3CC(CC(O)(C3)C1)C2)C(C)(C)CC(C)(CC(C)(CC)C(=O)OC1(C)C2CC3CC(C2)CC1C3)C(=O)OC1CCOC1=O. The molecule has 268 valence electrons. The maximum absolute atomic E-state index is 14.4. The van der Waals surface area contributed by atoms with E-state index in [1.54, 1.807) is 0 Å². The van der Waals surface area contributed by atoms with Crippen LogP contribution in [0.1, 0.15) is 138 Å². The molecule has 0 aromatic carbocycles. The van der Waals surface area contributed by atoms with Crippen LogP contribution < -0.4 is 0 Å². The first-order chi connectivity index (χ1) is 22.4. The number of aliphatic hydroxyl groups is 1. The molecule has 0 spiro atoms. The fraction of sp³-hybridized carbons (Fsp3) is 0.875. The number of ether oxygens (including phenoxy) is 4. The fourth-order valence-electron chi connectivity index (χ4n) is 12.6. The van der Waals surface area contributed by atoms with Crippen LogP contribution in [0.3, 0.4) is 0 Å². The Hall–Kier alpha value is -2.09. The Labute approximate surface area is 287 Å². The van der Waals surface area contributed by atoms with Gasteiger partial charge in [0.2, 0.25) is 6.10 Å². The van der Waals surface area contributed by atoms with Crippen LogP contribution >= 0.6 is 0 Å². The van der Waals surface area contributed by atoms with E-state index in [9.17, 15) is 19.5 Å².